The van der Waals surface area contributed by atoms with Crippen molar-refractivity contribution in [3.63, 3.8) is 0 Å². The van der Waals surface area contributed by atoms with Crippen molar-refractivity contribution in [2.24, 2.45) is 28.6 Å². The summed E-state index contributed by atoms with van der Waals surface area (Å²) in [6.07, 6.45) is 7.84. The van der Waals surface area contributed by atoms with Gasteiger partial charge >= 0.3 is 0 Å². The molecule has 4 rings (SSSR count). The first kappa shape index (κ1) is 14.9. The molecule has 0 saturated heterocycles. The SMILES string of the molecule is C[C@]12CCC(O)CC1=CC[C@@H]1[C@H]2CC[C@]2(C)C(=O)CC(O)[C@@H]12. The Labute approximate surface area is 132 Å². The van der Waals surface area contributed by atoms with Gasteiger partial charge < -0.3 is 10.2 Å². The molecule has 0 aromatic heterocycles. The highest BCUT2D eigenvalue weighted by atomic mass is 16.3. The van der Waals surface area contributed by atoms with E-state index in [4.69, 9.17) is 0 Å². The molecule has 0 heterocycles. The van der Waals surface area contributed by atoms with E-state index in [9.17, 15) is 15.0 Å². The van der Waals surface area contributed by atoms with E-state index in [0.29, 0.717) is 18.3 Å². The molecule has 2 N–H and O–H groups in total. The molecule has 0 aliphatic heterocycles. The van der Waals surface area contributed by atoms with Crippen molar-refractivity contribution in [3.05, 3.63) is 11.6 Å². The lowest BCUT2D eigenvalue weighted by Gasteiger charge is -2.57. The Morgan fingerprint density at radius 2 is 1.82 bits per heavy atom. The number of allylic oxidation sites excluding steroid dienone is 1. The summed E-state index contributed by atoms with van der Waals surface area (Å²) in [6.45, 7) is 4.46. The van der Waals surface area contributed by atoms with Crippen LogP contribution < -0.4 is 0 Å². The van der Waals surface area contributed by atoms with Crippen molar-refractivity contribution in [1.82, 2.24) is 0 Å². The van der Waals surface area contributed by atoms with Crippen LogP contribution in [0.2, 0.25) is 0 Å². The first-order valence-corrected chi connectivity index (χ1v) is 8.95. The predicted octanol–water partition coefficient (Wildman–Crippen LogP) is 2.85. The van der Waals surface area contributed by atoms with Crippen LogP contribution in [0.15, 0.2) is 11.6 Å². The number of Topliss-reactive ketones (excluding diaryl/α,β-unsaturated/α-hetero) is 1. The maximum absolute atomic E-state index is 12.4. The van der Waals surface area contributed by atoms with Gasteiger partial charge in [-0.3, -0.25) is 4.79 Å². The van der Waals surface area contributed by atoms with Crippen molar-refractivity contribution < 1.29 is 15.0 Å². The molecule has 4 aliphatic rings. The second kappa shape index (κ2) is 4.67. The molecular formula is C19H28O3. The monoisotopic (exact) mass is 304 g/mol. The summed E-state index contributed by atoms with van der Waals surface area (Å²) >= 11 is 0. The summed E-state index contributed by atoms with van der Waals surface area (Å²) in [5.74, 6) is 1.42. The topological polar surface area (TPSA) is 57.5 Å². The number of carbonyl (C=O) groups excluding carboxylic acids is 1. The number of ketones is 1. The van der Waals surface area contributed by atoms with Gasteiger partial charge in [0.15, 0.2) is 0 Å². The summed E-state index contributed by atoms with van der Waals surface area (Å²) in [4.78, 5) is 12.4. The Hall–Kier alpha value is -0.670. The van der Waals surface area contributed by atoms with Crippen LogP contribution in [0.4, 0.5) is 0 Å². The minimum atomic E-state index is -0.446. The van der Waals surface area contributed by atoms with Crippen LogP contribution >= 0.6 is 0 Å². The highest BCUT2D eigenvalue weighted by molar-refractivity contribution is 5.88. The van der Waals surface area contributed by atoms with E-state index in [0.717, 1.165) is 38.5 Å². The predicted molar refractivity (Wildman–Crippen MR) is 84.1 cm³/mol. The largest absolute Gasteiger partial charge is 0.393 e. The summed E-state index contributed by atoms with van der Waals surface area (Å²) in [6, 6.07) is 0. The Morgan fingerprint density at radius 3 is 2.59 bits per heavy atom. The van der Waals surface area contributed by atoms with Crippen LogP contribution in [-0.2, 0) is 4.79 Å². The number of hydrogen-bond acceptors (Lipinski definition) is 3. The minimum absolute atomic E-state index is 0.139. The van der Waals surface area contributed by atoms with Crippen molar-refractivity contribution in [3.8, 4) is 0 Å². The van der Waals surface area contributed by atoms with Crippen LogP contribution in [0.1, 0.15) is 58.8 Å². The van der Waals surface area contributed by atoms with Gasteiger partial charge in [-0.2, -0.15) is 0 Å². The Kier molecular flexibility index (Phi) is 3.16. The van der Waals surface area contributed by atoms with Gasteiger partial charge in [-0.25, -0.2) is 0 Å². The molecule has 0 amide bonds. The minimum Gasteiger partial charge on any atom is -0.393 e. The second-order valence-corrected chi connectivity index (χ2v) is 8.73. The highest BCUT2D eigenvalue weighted by Crippen LogP contribution is 2.63. The maximum atomic E-state index is 12.4. The molecule has 3 fully saturated rings. The number of carbonyl (C=O) groups is 1. The van der Waals surface area contributed by atoms with Crippen LogP contribution in [-0.4, -0.2) is 28.2 Å². The molecule has 22 heavy (non-hydrogen) atoms. The van der Waals surface area contributed by atoms with Crippen molar-refractivity contribution >= 4 is 5.78 Å². The summed E-state index contributed by atoms with van der Waals surface area (Å²) in [5.41, 5.74) is 1.32. The summed E-state index contributed by atoms with van der Waals surface area (Å²) < 4.78 is 0. The molecule has 0 spiro atoms. The smallest absolute Gasteiger partial charge is 0.141 e. The molecule has 3 nitrogen and oxygen atoms in total. The van der Waals surface area contributed by atoms with Crippen molar-refractivity contribution in [2.45, 2.75) is 71.0 Å². The fourth-order valence-corrected chi connectivity index (χ4v) is 6.48. The van der Waals surface area contributed by atoms with Gasteiger partial charge in [0.25, 0.3) is 0 Å². The normalized spacial score (nSPS) is 54.3. The second-order valence-electron chi connectivity index (χ2n) is 8.73. The number of aliphatic hydroxyl groups is 2. The van der Waals surface area contributed by atoms with Gasteiger partial charge in [0, 0.05) is 17.8 Å². The molecule has 0 radical (unpaired) electrons. The maximum Gasteiger partial charge on any atom is 0.141 e. The quantitative estimate of drug-likeness (QED) is 0.677. The molecule has 4 aliphatic carbocycles. The zero-order chi connectivity index (χ0) is 15.7. The lowest BCUT2D eigenvalue weighted by atomic mass is 9.48. The van der Waals surface area contributed by atoms with E-state index in [1.54, 1.807) is 0 Å². The molecule has 7 atom stereocenters. The standard InChI is InChI=1S/C19H28O3/c1-18-7-5-12(20)9-11(18)3-4-13-14(18)6-8-19(2)16(22)10-15(21)17(13)19/h3,12-15,17,20-21H,4-10H2,1-2H3/t12?,13-,14-,15?,17-,18+,19-/m1/s1. The third-order valence-corrected chi connectivity index (χ3v) is 7.78. The van der Waals surface area contributed by atoms with E-state index < -0.39 is 6.10 Å². The lowest BCUT2D eigenvalue weighted by Crippen LogP contribution is -2.52. The van der Waals surface area contributed by atoms with E-state index in [1.807, 2.05) is 0 Å². The number of rotatable bonds is 0. The first-order valence-electron chi connectivity index (χ1n) is 8.95. The average Bonchev–Trinajstić information content (AvgIpc) is 2.70. The molecular weight excluding hydrogens is 276 g/mol. The van der Waals surface area contributed by atoms with Gasteiger partial charge in [0.05, 0.1) is 12.2 Å². The third kappa shape index (κ3) is 1.78. The zero-order valence-electron chi connectivity index (χ0n) is 13.7. The van der Waals surface area contributed by atoms with Crippen LogP contribution in [0.3, 0.4) is 0 Å². The molecule has 0 bridgehead atoms. The number of aliphatic hydroxyl groups excluding tert-OH is 2. The van der Waals surface area contributed by atoms with Crippen molar-refractivity contribution in [2.75, 3.05) is 0 Å². The van der Waals surface area contributed by atoms with Crippen molar-refractivity contribution in [1.29, 1.82) is 0 Å². The van der Waals surface area contributed by atoms with Crippen LogP contribution in [0.25, 0.3) is 0 Å². The van der Waals surface area contributed by atoms with E-state index in [2.05, 4.69) is 19.9 Å². The highest BCUT2D eigenvalue weighted by Gasteiger charge is 2.61. The lowest BCUT2D eigenvalue weighted by molar-refractivity contribution is -0.133. The van der Waals surface area contributed by atoms with E-state index >= 15 is 0 Å². The number of hydrogen-bond donors (Lipinski definition) is 2. The molecule has 3 saturated carbocycles. The third-order valence-electron chi connectivity index (χ3n) is 7.78. The number of fused-ring (bicyclic) bond motifs is 5. The summed E-state index contributed by atoms with van der Waals surface area (Å²) in [7, 11) is 0. The van der Waals surface area contributed by atoms with E-state index in [-0.39, 0.29) is 28.6 Å². The van der Waals surface area contributed by atoms with Gasteiger partial charge in [-0.1, -0.05) is 25.5 Å². The zero-order valence-corrected chi connectivity index (χ0v) is 13.7. The molecule has 3 heteroatoms. The molecule has 122 valence electrons. The Balaban J connectivity index is 1.72. The fourth-order valence-electron chi connectivity index (χ4n) is 6.48. The van der Waals surface area contributed by atoms with Gasteiger partial charge in [-0.15, -0.1) is 0 Å². The Bertz CT molecular complexity index is 539. The Morgan fingerprint density at radius 1 is 1.09 bits per heavy atom. The molecule has 0 aromatic carbocycles. The fraction of sp³-hybridized carbons (Fsp3) is 0.842. The molecule has 0 aromatic rings. The van der Waals surface area contributed by atoms with Gasteiger partial charge in [0.2, 0.25) is 0 Å². The van der Waals surface area contributed by atoms with Gasteiger partial charge in [-0.05, 0) is 55.8 Å². The van der Waals surface area contributed by atoms with Crippen LogP contribution in [0.5, 0.6) is 0 Å². The van der Waals surface area contributed by atoms with Crippen LogP contribution in [0, 0.1) is 28.6 Å². The van der Waals surface area contributed by atoms with E-state index in [1.165, 1.54) is 5.57 Å². The average molecular weight is 304 g/mol. The first-order chi connectivity index (χ1) is 10.4. The molecule has 2 unspecified atom stereocenters. The van der Waals surface area contributed by atoms with Gasteiger partial charge in [0.1, 0.15) is 5.78 Å². The summed E-state index contributed by atoms with van der Waals surface area (Å²) in [5, 5.41) is 20.5.